The lowest BCUT2D eigenvalue weighted by atomic mass is 10.1. The molecule has 0 nitrogen and oxygen atoms in total. The molecule has 1 aromatic heterocycles. The second kappa shape index (κ2) is 5.06. The van der Waals surface area contributed by atoms with Gasteiger partial charge >= 0.3 is 0 Å². The van der Waals surface area contributed by atoms with Crippen LogP contribution in [0.5, 0.6) is 0 Å². The number of benzene rings is 1. The predicted molar refractivity (Wildman–Crippen MR) is 66.0 cm³/mol. The zero-order chi connectivity index (χ0) is 11.5. The number of thiophene rings is 1. The molecule has 1 unspecified atom stereocenters. The van der Waals surface area contributed by atoms with E-state index >= 15 is 0 Å². The Morgan fingerprint density at radius 3 is 2.62 bits per heavy atom. The van der Waals surface area contributed by atoms with Crippen LogP contribution in [-0.4, -0.2) is 0 Å². The Labute approximate surface area is 105 Å². The summed E-state index contributed by atoms with van der Waals surface area (Å²) in [5, 5.41) is 2.00. The van der Waals surface area contributed by atoms with Crippen LogP contribution >= 0.6 is 27.3 Å². The monoisotopic (exact) mass is 302 g/mol. The van der Waals surface area contributed by atoms with Gasteiger partial charge < -0.3 is 0 Å². The lowest BCUT2D eigenvalue weighted by molar-refractivity contribution is 0.507. The zero-order valence-corrected chi connectivity index (χ0v) is 10.7. The Kier molecular flexibility index (Phi) is 3.71. The zero-order valence-electron chi connectivity index (χ0n) is 8.29. The van der Waals surface area contributed by atoms with Crippen LogP contribution in [0.25, 0.3) is 0 Å². The van der Waals surface area contributed by atoms with E-state index in [0.717, 1.165) is 18.1 Å². The Balaban J connectivity index is 2.14. The van der Waals surface area contributed by atoms with Crippen LogP contribution in [0.2, 0.25) is 0 Å². The van der Waals surface area contributed by atoms with Crippen molar-refractivity contribution < 1.29 is 8.78 Å². The first-order valence-corrected chi connectivity index (χ1v) is 6.58. The van der Waals surface area contributed by atoms with Crippen molar-refractivity contribution in [3.63, 3.8) is 0 Å². The number of rotatable bonds is 3. The standard InChI is InChI=1S/C12H9BrF2S/c13-10(7-9-2-1-5-16-9)8-3-4-11(14)12(15)6-8/h1-6,10H,7H2. The van der Waals surface area contributed by atoms with E-state index in [1.807, 2.05) is 17.5 Å². The molecule has 0 aliphatic heterocycles. The van der Waals surface area contributed by atoms with Crippen LogP contribution in [0.3, 0.4) is 0 Å². The van der Waals surface area contributed by atoms with Crippen molar-refractivity contribution >= 4 is 27.3 Å². The molecular weight excluding hydrogens is 294 g/mol. The Bertz CT molecular complexity index is 468. The van der Waals surface area contributed by atoms with E-state index < -0.39 is 11.6 Å². The lowest BCUT2D eigenvalue weighted by Crippen LogP contribution is -1.95. The van der Waals surface area contributed by atoms with Crippen molar-refractivity contribution in [1.82, 2.24) is 0 Å². The minimum atomic E-state index is -0.806. The van der Waals surface area contributed by atoms with E-state index in [0.29, 0.717) is 0 Å². The summed E-state index contributed by atoms with van der Waals surface area (Å²) in [5.41, 5.74) is 0.757. The summed E-state index contributed by atoms with van der Waals surface area (Å²) in [4.78, 5) is 1.23. The fraction of sp³-hybridized carbons (Fsp3) is 0.167. The van der Waals surface area contributed by atoms with Gasteiger partial charge in [0.05, 0.1) is 0 Å². The van der Waals surface area contributed by atoms with Crippen LogP contribution in [0.1, 0.15) is 15.3 Å². The van der Waals surface area contributed by atoms with E-state index in [-0.39, 0.29) is 4.83 Å². The minimum absolute atomic E-state index is 0.0150. The molecule has 0 spiro atoms. The Hall–Kier alpha value is -0.740. The highest BCUT2D eigenvalue weighted by molar-refractivity contribution is 9.09. The summed E-state index contributed by atoms with van der Waals surface area (Å²) in [6.45, 7) is 0. The lowest BCUT2D eigenvalue weighted by Gasteiger charge is -2.09. The van der Waals surface area contributed by atoms with Crippen molar-refractivity contribution in [2.24, 2.45) is 0 Å². The molecule has 0 aliphatic carbocycles. The average molecular weight is 303 g/mol. The van der Waals surface area contributed by atoms with Crippen molar-refractivity contribution in [3.8, 4) is 0 Å². The highest BCUT2D eigenvalue weighted by Crippen LogP contribution is 2.29. The molecule has 0 aliphatic rings. The van der Waals surface area contributed by atoms with Crippen LogP contribution in [0.15, 0.2) is 35.7 Å². The summed E-state index contributed by atoms with van der Waals surface area (Å²) < 4.78 is 25.8. The maximum atomic E-state index is 13.0. The van der Waals surface area contributed by atoms with Gasteiger partial charge in [-0.2, -0.15) is 0 Å². The normalized spacial score (nSPS) is 12.7. The van der Waals surface area contributed by atoms with Gasteiger partial charge in [-0.15, -0.1) is 11.3 Å². The van der Waals surface area contributed by atoms with Crippen molar-refractivity contribution in [1.29, 1.82) is 0 Å². The molecule has 0 fully saturated rings. The maximum Gasteiger partial charge on any atom is 0.159 e. The fourth-order valence-electron chi connectivity index (χ4n) is 1.43. The van der Waals surface area contributed by atoms with E-state index in [4.69, 9.17) is 0 Å². The molecule has 1 aromatic carbocycles. The predicted octanol–water partition coefficient (Wildman–Crippen LogP) is 4.71. The molecule has 2 rings (SSSR count). The number of hydrogen-bond donors (Lipinski definition) is 0. The molecular formula is C12H9BrF2S. The molecule has 0 bridgehead atoms. The Morgan fingerprint density at radius 1 is 1.19 bits per heavy atom. The fourth-order valence-corrected chi connectivity index (χ4v) is 3.03. The van der Waals surface area contributed by atoms with Gasteiger partial charge in [0, 0.05) is 9.70 Å². The van der Waals surface area contributed by atoms with E-state index in [1.54, 1.807) is 17.4 Å². The van der Waals surface area contributed by atoms with Crippen molar-refractivity contribution in [2.75, 3.05) is 0 Å². The molecule has 1 heterocycles. The molecule has 0 saturated carbocycles. The summed E-state index contributed by atoms with van der Waals surface area (Å²) in [6, 6.07) is 8.00. The van der Waals surface area contributed by atoms with Gasteiger partial charge in [-0.05, 0) is 35.6 Å². The summed E-state index contributed by atoms with van der Waals surface area (Å²) in [6.07, 6.45) is 0.780. The molecule has 0 N–H and O–H groups in total. The van der Waals surface area contributed by atoms with Gasteiger partial charge in [0.15, 0.2) is 11.6 Å². The summed E-state index contributed by atoms with van der Waals surface area (Å²) >= 11 is 5.14. The molecule has 0 saturated heterocycles. The molecule has 4 heteroatoms. The van der Waals surface area contributed by atoms with Gasteiger partial charge in [0.25, 0.3) is 0 Å². The second-order valence-electron chi connectivity index (χ2n) is 3.42. The van der Waals surface area contributed by atoms with Crippen LogP contribution in [0.4, 0.5) is 8.78 Å². The van der Waals surface area contributed by atoms with Crippen LogP contribution in [-0.2, 0) is 6.42 Å². The summed E-state index contributed by atoms with van der Waals surface area (Å²) in [7, 11) is 0. The first kappa shape index (κ1) is 11.7. The largest absolute Gasteiger partial charge is 0.204 e. The third kappa shape index (κ3) is 2.68. The smallest absolute Gasteiger partial charge is 0.159 e. The van der Waals surface area contributed by atoms with E-state index in [2.05, 4.69) is 15.9 Å². The molecule has 0 amide bonds. The minimum Gasteiger partial charge on any atom is -0.204 e. The van der Waals surface area contributed by atoms with E-state index in [9.17, 15) is 8.78 Å². The molecule has 84 valence electrons. The van der Waals surface area contributed by atoms with Gasteiger partial charge in [-0.3, -0.25) is 0 Å². The molecule has 1 atom stereocenters. The van der Waals surface area contributed by atoms with Gasteiger partial charge in [0.2, 0.25) is 0 Å². The van der Waals surface area contributed by atoms with Crippen molar-refractivity contribution in [2.45, 2.75) is 11.2 Å². The van der Waals surface area contributed by atoms with Crippen LogP contribution in [0, 0.1) is 11.6 Å². The SMILES string of the molecule is Fc1ccc(C(Br)Cc2cccs2)cc1F. The maximum absolute atomic E-state index is 13.0. The van der Waals surface area contributed by atoms with Crippen LogP contribution < -0.4 is 0 Å². The number of alkyl halides is 1. The van der Waals surface area contributed by atoms with Gasteiger partial charge in [0.1, 0.15) is 0 Å². The highest BCUT2D eigenvalue weighted by atomic mass is 79.9. The Morgan fingerprint density at radius 2 is 2.00 bits per heavy atom. The first-order chi connectivity index (χ1) is 7.66. The molecule has 0 radical (unpaired) electrons. The third-order valence-electron chi connectivity index (χ3n) is 2.27. The number of halogens is 3. The molecule has 2 aromatic rings. The average Bonchev–Trinajstić information content (AvgIpc) is 2.74. The van der Waals surface area contributed by atoms with E-state index in [1.165, 1.54) is 10.9 Å². The molecule has 16 heavy (non-hydrogen) atoms. The topological polar surface area (TPSA) is 0 Å². The third-order valence-corrected chi connectivity index (χ3v) is 4.02. The highest BCUT2D eigenvalue weighted by Gasteiger charge is 2.11. The summed E-state index contributed by atoms with van der Waals surface area (Å²) in [5.74, 6) is -1.60. The second-order valence-corrected chi connectivity index (χ2v) is 5.56. The first-order valence-electron chi connectivity index (χ1n) is 4.78. The van der Waals surface area contributed by atoms with Gasteiger partial charge in [-0.1, -0.05) is 28.1 Å². The van der Waals surface area contributed by atoms with Gasteiger partial charge in [-0.25, -0.2) is 8.78 Å². The number of hydrogen-bond acceptors (Lipinski definition) is 1. The quantitative estimate of drug-likeness (QED) is 0.721. The van der Waals surface area contributed by atoms with Crippen molar-refractivity contribution in [3.05, 3.63) is 57.8 Å².